The summed E-state index contributed by atoms with van der Waals surface area (Å²) in [6.07, 6.45) is 4.89. The molecule has 0 fully saturated rings. The van der Waals surface area contributed by atoms with E-state index >= 15 is 0 Å². The number of terminal acetylenes is 1. The third-order valence-corrected chi connectivity index (χ3v) is 3.00. The van der Waals surface area contributed by atoms with E-state index in [4.69, 9.17) is 11.5 Å². The van der Waals surface area contributed by atoms with Gasteiger partial charge >= 0.3 is 12.0 Å². The van der Waals surface area contributed by atoms with Crippen LogP contribution in [0.15, 0.2) is 18.2 Å². The summed E-state index contributed by atoms with van der Waals surface area (Å²) in [5.74, 6) is 0.517. The van der Waals surface area contributed by atoms with Crippen LogP contribution in [0.1, 0.15) is 6.42 Å². The molecular formula is C12H10FIN2O3. The van der Waals surface area contributed by atoms with E-state index in [0.29, 0.717) is 9.26 Å². The average molecular weight is 376 g/mol. The van der Waals surface area contributed by atoms with E-state index in [1.807, 2.05) is 22.6 Å². The molecule has 0 bridgehead atoms. The number of rotatable bonds is 4. The zero-order valence-electron chi connectivity index (χ0n) is 9.61. The first-order valence-electron chi connectivity index (χ1n) is 5.13. The third kappa shape index (κ3) is 4.75. The third-order valence-electron chi connectivity index (χ3n) is 2.10. The minimum Gasteiger partial charge on any atom is -0.480 e. The molecule has 0 spiro atoms. The molecule has 0 saturated heterocycles. The Labute approximate surface area is 122 Å². The summed E-state index contributed by atoms with van der Waals surface area (Å²) < 4.78 is 13.4. The average Bonchev–Trinajstić information content (AvgIpc) is 2.32. The summed E-state index contributed by atoms with van der Waals surface area (Å²) in [6.45, 7) is 0. The van der Waals surface area contributed by atoms with Gasteiger partial charge in [-0.25, -0.2) is 14.0 Å². The van der Waals surface area contributed by atoms with E-state index in [-0.39, 0.29) is 6.42 Å². The number of carboxylic acid groups (broad SMARTS) is 1. The molecule has 0 heterocycles. The molecule has 1 rings (SSSR count). The first-order valence-corrected chi connectivity index (χ1v) is 6.20. The molecule has 0 aromatic heterocycles. The van der Waals surface area contributed by atoms with Crippen LogP contribution in [0.2, 0.25) is 0 Å². The maximum atomic E-state index is 12.9. The van der Waals surface area contributed by atoms with Gasteiger partial charge in [-0.3, -0.25) is 0 Å². The second kappa shape index (κ2) is 6.94. The summed E-state index contributed by atoms with van der Waals surface area (Å²) in [5, 5.41) is 13.5. The van der Waals surface area contributed by atoms with Crippen molar-refractivity contribution < 1.29 is 19.1 Å². The lowest BCUT2D eigenvalue weighted by Gasteiger charge is -2.13. The van der Waals surface area contributed by atoms with Gasteiger partial charge in [0.05, 0.1) is 5.69 Å². The number of urea groups is 1. The molecule has 100 valence electrons. The van der Waals surface area contributed by atoms with Gasteiger partial charge < -0.3 is 15.7 Å². The predicted octanol–water partition coefficient (Wildman–Crippen LogP) is 2.03. The van der Waals surface area contributed by atoms with Gasteiger partial charge in [-0.15, -0.1) is 12.3 Å². The minimum absolute atomic E-state index is 0.122. The number of carbonyl (C=O) groups excluding carboxylic acids is 1. The Morgan fingerprint density at radius 1 is 1.53 bits per heavy atom. The number of halogens is 2. The maximum Gasteiger partial charge on any atom is 0.327 e. The van der Waals surface area contributed by atoms with Crippen molar-refractivity contribution in [1.29, 1.82) is 0 Å². The highest BCUT2D eigenvalue weighted by Crippen LogP contribution is 2.18. The van der Waals surface area contributed by atoms with E-state index < -0.39 is 23.9 Å². The van der Waals surface area contributed by atoms with Crippen LogP contribution >= 0.6 is 22.6 Å². The van der Waals surface area contributed by atoms with Gasteiger partial charge in [0.15, 0.2) is 0 Å². The molecule has 1 unspecified atom stereocenters. The molecule has 0 aliphatic heterocycles. The predicted molar refractivity (Wildman–Crippen MR) is 76.1 cm³/mol. The number of hydrogen-bond donors (Lipinski definition) is 3. The molecule has 1 atom stereocenters. The highest BCUT2D eigenvalue weighted by molar-refractivity contribution is 14.1. The number of benzene rings is 1. The van der Waals surface area contributed by atoms with Crippen LogP contribution in [0.4, 0.5) is 14.9 Å². The SMILES string of the molecule is C#CCC(NC(=O)Nc1ccc(F)cc1I)C(=O)O. The zero-order chi connectivity index (χ0) is 14.4. The maximum absolute atomic E-state index is 12.9. The summed E-state index contributed by atoms with van der Waals surface area (Å²) in [7, 11) is 0. The molecule has 5 nitrogen and oxygen atoms in total. The molecule has 0 aliphatic rings. The van der Waals surface area contributed by atoms with Crippen LogP contribution in [0.3, 0.4) is 0 Å². The van der Waals surface area contributed by atoms with Crippen LogP contribution in [-0.4, -0.2) is 23.1 Å². The fourth-order valence-corrected chi connectivity index (χ4v) is 1.84. The fraction of sp³-hybridized carbons (Fsp3) is 0.167. The molecule has 2 amide bonds. The number of hydrogen-bond acceptors (Lipinski definition) is 2. The van der Waals surface area contributed by atoms with E-state index in [1.54, 1.807) is 0 Å². The largest absolute Gasteiger partial charge is 0.480 e. The van der Waals surface area contributed by atoms with E-state index in [9.17, 15) is 14.0 Å². The summed E-state index contributed by atoms with van der Waals surface area (Å²) in [5.41, 5.74) is 0.379. The van der Waals surface area contributed by atoms with Crippen molar-refractivity contribution >= 4 is 40.3 Å². The molecule has 7 heteroatoms. The molecular weight excluding hydrogens is 366 g/mol. The summed E-state index contributed by atoms with van der Waals surface area (Å²) in [4.78, 5) is 22.4. The lowest BCUT2D eigenvalue weighted by molar-refractivity contribution is -0.139. The van der Waals surface area contributed by atoms with Gasteiger partial charge in [0.1, 0.15) is 11.9 Å². The van der Waals surface area contributed by atoms with Crippen LogP contribution in [0.5, 0.6) is 0 Å². The summed E-state index contributed by atoms with van der Waals surface area (Å²) >= 11 is 1.85. The smallest absolute Gasteiger partial charge is 0.327 e. The number of amides is 2. The summed E-state index contributed by atoms with van der Waals surface area (Å²) in [6, 6.07) is 1.93. The standard InChI is InChI=1S/C12H10FIN2O3/c1-2-3-10(11(17)18)16-12(19)15-9-5-4-7(13)6-8(9)14/h1,4-6,10H,3H2,(H,17,18)(H2,15,16,19). The molecule has 1 aromatic rings. The number of carbonyl (C=O) groups is 2. The Morgan fingerprint density at radius 2 is 2.21 bits per heavy atom. The second-order valence-electron chi connectivity index (χ2n) is 3.52. The van der Waals surface area contributed by atoms with Gasteiger partial charge in [0, 0.05) is 9.99 Å². The lowest BCUT2D eigenvalue weighted by atomic mass is 10.2. The molecule has 0 saturated carbocycles. The van der Waals surface area contributed by atoms with Gasteiger partial charge in [0.2, 0.25) is 0 Å². The van der Waals surface area contributed by atoms with Gasteiger partial charge in [-0.2, -0.15) is 0 Å². The molecule has 0 aliphatic carbocycles. The number of aliphatic carboxylic acids is 1. The Hall–Kier alpha value is -1.82. The van der Waals surface area contributed by atoms with Crippen molar-refractivity contribution in [2.75, 3.05) is 5.32 Å². The van der Waals surface area contributed by atoms with E-state index in [2.05, 4.69) is 16.6 Å². The van der Waals surface area contributed by atoms with Crippen LogP contribution in [-0.2, 0) is 4.79 Å². The number of anilines is 1. The van der Waals surface area contributed by atoms with Crippen molar-refractivity contribution in [2.45, 2.75) is 12.5 Å². The van der Waals surface area contributed by atoms with E-state index in [1.165, 1.54) is 18.2 Å². The normalized spacial score (nSPS) is 11.2. The zero-order valence-corrected chi connectivity index (χ0v) is 11.8. The fourth-order valence-electron chi connectivity index (χ4n) is 1.23. The van der Waals surface area contributed by atoms with Crippen molar-refractivity contribution in [2.24, 2.45) is 0 Å². The highest BCUT2D eigenvalue weighted by Gasteiger charge is 2.19. The Morgan fingerprint density at radius 3 is 2.74 bits per heavy atom. The van der Waals surface area contributed by atoms with Crippen molar-refractivity contribution in [3.05, 3.63) is 27.6 Å². The van der Waals surface area contributed by atoms with Crippen molar-refractivity contribution in [1.82, 2.24) is 5.32 Å². The quantitative estimate of drug-likeness (QED) is 0.556. The number of nitrogens with one attached hydrogen (secondary N) is 2. The Kier molecular flexibility index (Phi) is 5.57. The van der Waals surface area contributed by atoms with E-state index in [0.717, 1.165) is 0 Å². The molecule has 0 radical (unpaired) electrons. The first kappa shape index (κ1) is 15.2. The van der Waals surface area contributed by atoms with Crippen LogP contribution in [0, 0.1) is 21.7 Å². The van der Waals surface area contributed by atoms with Crippen LogP contribution < -0.4 is 10.6 Å². The lowest BCUT2D eigenvalue weighted by Crippen LogP contribution is -2.42. The van der Waals surface area contributed by atoms with Crippen molar-refractivity contribution in [3.63, 3.8) is 0 Å². The molecule has 19 heavy (non-hydrogen) atoms. The molecule has 3 N–H and O–H groups in total. The number of carboxylic acids is 1. The van der Waals surface area contributed by atoms with Crippen molar-refractivity contribution in [3.8, 4) is 12.3 Å². The highest BCUT2D eigenvalue weighted by atomic mass is 127. The molecule has 1 aromatic carbocycles. The van der Waals surface area contributed by atoms with Gasteiger partial charge in [-0.1, -0.05) is 0 Å². The second-order valence-corrected chi connectivity index (χ2v) is 4.68. The first-order chi connectivity index (χ1) is 8.93. The Bertz CT molecular complexity index is 542. The van der Waals surface area contributed by atoms with Crippen LogP contribution in [0.25, 0.3) is 0 Å². The Balaban J connectivity index is 2.69. The van der Waals surface area contributed by atoms with Gasteiger partial charge in [-0.05, 0) is 40.8 Å². The topological polar surface area (TPSA) is 78.4 Å². The minimum atomic E-state index is -1.22. The monoisotopic (exact) mass is 376 g/mol. The van der Waals surface area contributed by atoms with Gasteiger partial charge in [0.25, 0.3) is 0 Å².